The van der Waals surface area contributed by atoms with Gasteiger partial charge in [-0.05, 0) is 24.8 Å². The molecule has 1 atom stereocenters. The number of ether oxygens (including phenoxy) is 1. The molecule has 0 spiro atoms. The Hall–Kier alpha value is -2.02. The first-order chi connectivity index (χ1) is 13.3. The van der Waals surface area contributed by atoms with Crippen LogP contribution in [0.4, 0.5) is 5.82 Å². The molecule has 1 saturated heterocycles. The third-order valence-electron chi connectivity index (χ3n) is 5.42. The number of fused-ring (bicyclic) bond motifs is 1. The average molecular weight is 382 g/mol. The summed E-state index contributed by atoms with van der Waals surface area (Å²) in [6, 6.07) is 10.6. The van der Waals surface area contributed by atoms with Crippen LogP contribution < -0.4 is 4.90 Å². The molecular formula is C21H23N3O2S. The minimum Gasteiger partial charge on any atom is -0.396 e. The molecule has 6 heteroatoms. The molecule has 2 aliphatic rings. The van der Waals surface area contributed by atoms with Crippen molar-refractivity contribution in [2.45, 2.75) is 31.2 Å². The summed E-state index contributed by atoms with van der Waals surface area (Å²) >= 11 is 1.70. The predicted molar refractivity (Wildman–Crippen MR) is 108 cm³/mol. The van der Waals surface area contributed by atoms with E-state index in [9.17, 15) is 5.11 Å². The summed E-state index contributed by atoms with van der Waals surface area (Å²) in [6.45, 7) is 2.28. The van der Waals surface area contributed by atoms with Gasteiger partial charge in [0.2, 0.25) is 0 Å². The Morgan fingerprint density at radius 1 is 1.19 bits per heavy atom. The second-order valence-electron chi connectivity index (χ2n) is 7.31. The van der Waals surface area contributed by atoms with Crippen LogP contribution in [0.1, 0.15) is 31.0 Å². The molecule has 3 heterocycles. The highest BCUT2D eigenvalue weighted by Gasteiger charge is 2.32. The minimum absolute atomic E-state index is 0.150. The van der Waals surface area contributed by atoms with E-state index in [0.717, 1.165) is 28.4 Å². The van der Waals surface area contributed by atoms with Crippen LogP contribution in [0, 0.1) is 0 Å². The molecule has 3 aromatic rings. The highest BCUT2D eigenvalue weighted by Crippen LogP contribution is 2.44. The zero-order valence-electron chi connectivity index (χ0n) is 15.2. The number of thiophene rings is 1. The summed E-state index contributed by atoms with van der Waals surface area (Å²) < 4.78 is 5.69. The van der Waals surface area contributed by atoms with Crippen LogP contribution >= 0.6 is 11.3 Å². The van der Waals surface area contributed by atoms with Gasteiger partial charge in [-0.25, -0.2) is 9.97 Å². The van der Waals surface area contributed by atoms with Crippen LogP contribution in [-0.2, 0) is 4.74 Å². The van der Waals surface area contributed by atoms with Crippen molar-refractivity contribution >= 4 is 27.4 Å². The first kappa shape index (κ1) is 17.1. The van der Waals surface area contributed by atoms with Gasteiger partial charge in [-0.15, -0.1) is 11.3 Å². The average Bonchev–Trinajstić information content (AvgIpc) is 3.48. The molecule has 140 valence electrons. The van der Waals surface area contributed by atoms with E-state index in [4.69, 9.17) is 14.7 Å². The Morgan fingerprint density at radius 3 is 2.81 bits per heavy atom. The van der Waals surface area contributed by atoms with E-state index in [2.05, 4.69) is 34.5 Å². The van der Waals surface area contributed by atoms with E-state index in [-0.39, 0.29) is 12.6 Å². The van der Waals surface area contributed by atoms with Crippen molar-refractivity contribution in [1.29, 1.82) is 0 Å². The number of anilines is 1. The summed E-state index contributed by atoms with van der Waals surface area (Å²) in [6.07, 6.45) is 3.06. The maximum absolute atomic E-state index is 9.53. The van der Waals surface area contributed by atoms with E-state index >= 15 is 0 Å². The van der Waals surface area contributed by atoms with Gasteiger partial charge in [0.1, 0.15) is 16.5 Å². The predicted octanol–water partition coefficient (Wildman–Crippen LogP) is 3.82. The number of rotatable bonds is 5. The number of benzene rings is 1. The Morgan fingerprint density at radius 2 is 2.04 bits per heavy atom. The second kappa shape index (κ2) is 7.19. The quantitative estimate of drug-likeness (QED) is 0.728. The monoisotopic (exact) mass is 381 g/mol. The summed E-state index contributed by atoms with van der Waals surface area (Å²) in [5.74, 6) is 2.50. The standard InChI is InChI=1S/C21H23N3O2S/c25-10-8-16-12-26-11-9-24(16)20-18-17(14-4-2-1-3-5-14)13-27-21(18)23-19(22-20)15-6-7-15/h1-5,13,15-16,25H,6-12H2/t16-/m0/s1. The Bertz CT molecular complexity index is 937. The van der Waals surface area contributed by atoms with Crippen LogP contribution in [0.25, 0.3) is 21.3 Å². The maximum Gasteiger partial charge on any atom is 0.142 e. The smallest absolute Gasteiger partial charge is 0.142 e. The van der Waals surface area contributed by atoms with Crippen LogP contribution in [0.2, 0.25) is 0 Å². The lowest BCUT2D eigenvalue weighted by molar-refractivity contribution is 0.0847. The number of aliphatic hydroxyl groups excluding tert-OH is 1. The fourth-order valence-corrected chi connectivity index (χ4v) is 4.77. The van der Waals surface area contributed by atoms with Crippen molar-refractivity contribution < 1.29 is 9.84 Å². The summed E-state index contributed by atoms with van der Waals surface area (Å²) in [5.41, 5.74) is 2.39. The largest absolute Gasteiger partial charge is 0.396 e. The lowest BCUT2D eigenvalue weighted by Crippen LogP contribution is -2.46. The van der Waals surface area contributed by atoms with E-state index in [0.29, 0.717) is 25.6 Å². The molecule has 0 radical (unpaired) electrons. The number of hydrogen-bond acceptors (Lipinski definition) is 6. The van der Waals surface area contributed by atoms with Crippen molar-refractivity contribution in [2.75, 3.05) is 31.3 Å². The molecule has 5 nitrogen and oxygen atoms in total. The van der Waals surface area contributed by atoms with Crippen LogP contribution in [0.5, 0.6) is 0 Å². The van der Waals surface area contributed by atoms with Crippen molar-refractivity contribution in [3.63, 3.8) is 0 Å². The maximum atomic E-state index is 9.53. The van der Waals surface area contributed by atoms with Crippen molar-refractivity contribution in [2.24, 2.45) is 0 Å². The molecular weight excluding hydrogens is 358 g/mol. The van der Waals surface area contributed by atoms with Crippen LogP contribution in [0.3, 0.4) is 0 Å². The van der Waals surface area contributed by atoms with Crippen LogP contribution in [0.15, 0.2) is 35.7 Å². The lowest BCUT2D eigenvalue weighted by atomic mass is 10.0. The highest BCUT2D eigenvalue weighted by atomic mass is 32.1. The Labute approximate surface area is 162 Å². The number of nitrogens with zero attached hydrogens (tertiary/aromatic N) is 3. The molecule has 1 N–H and O–H groups in total. The van der Waals surface area contributed by atoms with E-state index in [1.165, 1.54) is 24.0 Å². The summed E-state index contributed by atoms with van der Waals surface area (Å²) in [5, 5.41) is 12.9. The van der Waals surface area contributed by atoms with E-state index < -0.39 is 0 Å². The summed E-state index contributed by atoms with van der Waals surface area (Å²) in [4.78, 5) is 13.4. The minimum atomic E-state index is 0.150. The molecule has 0 bridgehead atoms. The summed E-state index contributed by atoms with van der Waals surface area (Å²) in [7, 11) is 0. The topological polar surface area (TPSA) is 58.5 Å². The van der Waals surface area contributed by atoms with E-state index in [1.54, 1.807) is 11.3 Å². The SMILES string of the molecule is OCC[C@H]1COCCN1c1nc(C2CC2)nc2scc(-c3ccccc3)c12. The molecule has 0 unspecified atom stereocenters. The van der Waals surface area contributed by atoms with Gasteiger partial charge < -0.3 is 14.7 Å². The van der Waals surface area contributed by atoms with Gasteiger partial charge in [0.15, 0.2) is 0 Å². The zero-order chi connectivity index (χ0) is 18.2. The molecule has 27 heavy (non-hydrogen) atoms. The van der Waals surface area contributed by atoms with Crippen molar-refractivity contribution in [1.82, 2.24) is 9.97 Å². The third kappa shape index (κ3) is 3.22. The molecule has 1 aliphatic carbocycles. The molecule has 1 saturated carbocycles. The molecule has 0 amide bonds. The lowest BCUT2D eigenvalue weighted by Gasteiger charge is -2.37. The Kier molecular flexibility index (Phi) is 4.55. The molecule has 1 aromatic carbocycles. The molecule has 1 aliphatic heterocycles. The van der Waals surface area contributed by atoms with E-state index in [1.807, 2.05) is 6.07 Å². The number of aliphatic hydroxyl groups is 1. The van der Waals surface area contributed by atoms with Gasteiger partial charge in [0, 0.05) is 30.0 Å². The Balaban J connectivity index is 1.69. The normalized spacial score (nSPS) is 20.3. The molecule has 2 aromatic heterocycles. The second-order valence-corrected chi connectivity index (χ2v) is 8.17. The van der Waals surface area contributed by atoms with Crippen molar-refractivity contribution in [3.8, 4) is 11.1 Å². The van der Waals surface area contributed by atoms with Gasteiger partial charge in [-0.3, -0.25) is 0 Å². The molecule has 2 fully saturated rings. The number of hydrogen-bond donors (Lipinski definition) is 1. The fourth-order valence-electron chi connectivity index (χ4n) is 3.82. The molecule has 5 rings (SSSR count). The highest BCUT2D eigenvalue weighted by molar-refractivity contribution is 7.17. The fraction of sp³-hybridized carbons (Fsp3) is 0.429. The van der Waals surface area contributed by atoms with Gasteiger partial charge in [-0.2, -0.15) is 0 Å². The number of aromatic nitrogens is 2. The number of morpholine rings is 1. The van der Waals surface area contributed by atoms with Gasteiger partial charge >= 0.3 is 0 Å². The zero-order valence-corrected chi connectivity index (χ0v) is 16.0. The third-order valence-corrected chi connectivity index (χ3v) is 6.29. The van der Waals surface area contributed by atoms with Gasteiger partial charge in [0.25, 0.3) is 0 Å². The van der Waals surface area contributed by atoms with Crippen molar-refractivity contribution in [3.05, 3.63) is 41.5 Å². The first-order valence-electron chi connectivity index (χ1n) is 9.65. The first-order valence-corrected chi connectivity index (χ1v) is 10.5. The van der Waals surface area contributed by atoms with Gasteiger partial charge in [-0.1, -0.05) is 30.3 Å². The van der Waals surface area contributed by atoms with Gasteiger partial charge in [0.05, 0.1) is 24.6 Å². The van der Waals surface area contributed by atoms with Crippen LogP contribution in [-0.4, -0.2) is 47.5 Å².